The van der Waals surface area contributed by atoms with E-state index in [1.54, 1.807) is 4.57 Å². The number of rotatable bonds is 5. The van der Waals surface area contributed by atoms with Crippen molar-refractivity contribution in [3.8, 4) is 0 Å². The Balaban J connectivity index is 1.70. The predicted octanol–water partition coefficient (Wildman–Crippen LogP) is 1.57. The van der Waals surface area contributed by atoms with Crippen LogP contribution in [0.3, 0.4) is 0 Å². The second-order valence-corrected chi connectivity index (χ2v) is 6.76. The first-order chi connectivity index (χ1) is 11.2. The summed E-state index contributed by atoms with van der Waals surface area (Å²) in [7, 11) is 0. The van der Waals surface area contributed by atoms with Gasteiger partial charge in [-0.2, -0.15) is 0 Å². The Morgan fingerprint density at radius 1 is 1.22 bits per heavy atom. The van der Waals surface area contributed by atoms with Gasteiger partial charge in [0.25, 0.3) is 0 Å². The van der Waals surface area contributed by atoms with Gasteiger partial charge in [-0.05, 0) is 24.8 Å². The van der Waals surface area contributed by atoms with Crippen LogP contribution in [-0.2, 0) is 17.8 Å². The molecule has 1 aromatic carbocycles. The van der Waals surface area contributed by atoms with Gasteiger partial charge in [-0.15, -0.1) is 5.10 Å². The summed E-state index contributed by atoms with van der Waals surface area (Å²) in [5.41, 5.74) is 0.946. The summed E-state index contributed by atoms with van der Waals surface area (Å²) in [6, 6.07) is 10.0. The first-order valence-electron chi connectivity index (χ1n) is 7.87. The Morgan fingerprint density at radius 3 is 2.87 bits per heavy atom. The molecule has 1 saturated heterocycles. The van der Waals surface area contributed by atoms with E-state index in [9.17, 15) is 9.59 Å². The average Bonchev–Trinajstić information content (AvgIpc) is 2.78. The van der Waals surface area contributed by atoms with Crippen molar-refractivity contribution < 1.29 is 4.79 Å². The second-order valence-electron chi connectivity index (χ2n) is 5.59. The van der Waals surface area contributed by atoms with Crippen molar-refractivity contribution in [2.45, 2.75) is 42.6 Å². The molecule has 3 rings (SSSR count). The molecule has 2 N–H and O–H groups in total. The summed E-state index contributed by atoms with van der Waals surface area (Å²) in [6.45, 7) is 1.29. The quantitative estimate of drug-likeness (QED) is 0.871. The zero-order valence-corrected chi connectivity index (χ0v) is 13.6. The highest BCUT2D eigenvalue weighted by molar-refractivity contribution is 8.00. The number of carbonyl (C=O) groups excluding carboxylic acids is 1. The number of hydrogen-bond acceptors (Lipinski definition) is 4. The third-order valence-corrected chi connectivity index (χ3v) is 5.18. The van der Waals surface area contributed by atoms with Gasteiger partial charge < -0.3 is 5.32 Å². The minimum atomic E-state index is -0.225. The molecule has 1 aliphatic rings. The molecule has 1 fully saturated rings. The summed E-state index contributed by atoms with van der Waals surface area (Å²) >= 11 is 1.38. The van der Waals surface area contributed by atoms with Gasteiger partial charge in [0, 0.05) is 13.1 Å². The van der Waals surface area contributed by atoms with Gasteiger partial charge in [0.2, 0.25) is 5.91 Å². The SMILES string of the molecule is O=C1NCCCCC1Sc1n[nH]c(=O)n1CCc1ccccc1. The van der Waals surface area contributed by atoms with E-state index in [1.165, 1.54) is 17.3 Å². The molecule has 7 heteroatoms. The molecule has 1 amide bonds. The summed E-state index contributed by atoms with van der Waals surface area (Å²) in [5.74, 6) is 0.0394. The molecule has 6 nitrogen and oxygen atoms in total. The number of amides is 1. The summed E-state index contributed by atoms with van der Waals surface area (Å²) in [5, 5.41) is 9.92. The van der Waals surface area contributed by atoms with Gasteiger partial charge in [-0.25, -0.2) is 9.89 Å². The predicted molar refractivity (Wildman–Crippen MR) is 89.5 cm³/mol. The van der Waals surface area contributed by atoms with Crippen molar-refractivity contribution >= 4 is 17.7 Å². The fraction of sp³-hybridized carbons (Fsp3) is 0.438. The van der Waals surface area contributed by atoms with E-state index in [1.807, 2.05) is 30.3 Å². The van der Waals surface area contributed by atoms with Crippen molar-refractivity contribution in [2.75, 3.05) is 6.54 Å². The van der Waals surface area contributed by atoms with Crippen LogP contribution in [0.2, 0.25) is 0 Å². The van der Waals surface area contributed by atoms with Crippen molar-refractivity contribution in [3.05, 3.63) is 46.4 Å². The third-order valence-electron chi connectivity index (χ3n) is 3.92. The van der Waals surface area contributed by atoms with Crippen molar-refractivity contribution in [2.24, 2.45) is 0 Å². The largest absolute Gasteiger partial charge is 0.355 e. The third kappa shape index (κ3) is 4.04. The molecule has 1 aliphatic heterocycles. The molecule has 1 atom stereocenters. The monoisotopic (exact) mass is 332 g/mol. The molecule has 0 saturated carbocycles. The van der Waals surface area contributed by atoms with Crippen LogP contribution in [0.15, 0.2) is 40.3 Å². The van der Waals surface area contributed by atoms with E-state index in [0.717, 1.165) is 32.2 Å². The van der Waals surface area contributed by atoms with Gasteiger partial charge >= 0.3 is 5.69 Å². The number of aromatic nitrogens is 3. The highest BCUT2D eigenvalue weighted by Crippen LogP contribution is 2.25. The van der Waals surface area contributed by atoms with Crippen LogP contribution in [0.25, 0.3) is 0 Å². The van der Waals surface area contributed by atoms with Crippen molar-refractivity contribution in [3.63, 3.8) is 0 Å². The van der Waals surface area contributed by atoms with E-state index in [4.69, 9.17) is 0 Å². The molecule has 0 aliphatic carbocycles. The number of H-pyrrole nitrogens is 1. The summed E-state index contributed by atoms with van der Waals surface area (Å²) in [4.78, 5) is 24.0. The topological polar surface area (TPSA) is 79.8 Å². The number of benzene rings is 1. The number of nitrogens with one attached hydrogen (secondary N) is 2. The summed E-state index contributed by atoms with van der Waals surface area (Å²) < 4.78 is 1.62. The van der Waals surface area contributed by atoms with Gasteiger partial charge in [-0.1, -0.05) is 48.5 Å². The maximum atomic E-state index is 12.1. The average molecular weight is 332 g/mol. The number of hydrogen-bond donors (Lipinski definition) is 2. The van der Waals surface area contributed by atoms with E-state index in [-0.39, 0.29) is 16.8 Å². The van der Waals surface area contributed by atoms with E-state index < -0.39 is 0 Å². The smallest absolute Gasteiger partial charge is 0.343 e. The Hall–Kier alpha value is -2.02. The van der Waals surface area contributed by atoms with Crippen LogP contribution >= 0.6 is 11.8 Å². The number of thioether (sulfide) groups is 1. The first kappa shape index (κ1) is 15.9. The first-order valence-corrected chi connectivity index (χ1v) is 8.75. The van der Waals surface area contributed by atoms with E-state index >= 15 is 0 Å². The van der Waals surface area contributed by atoms with Crippen LogP contribution in [0.4, 0.5) is 0 Å². The Labute approximate surface area is 138 Å². The van der Waals surface area contributed by atoms with Gasteiger partial charge in [0.15, 0.2) is 5.16 Å². The Kier molecular flexibility index (Phi) is 5.17. The number of nitrogens with zero attached hydrogens (tertiary/aromatic N) is 2. The number of carbonyl (C=O) groups is 1. The fourth-order valence-corrected chi connectivity index (χ4v) is 3.76. The lowest BCUT2D eigenvalue weighted by atomic mass is 10.1. The van der Waals surface area contributed by atoms with Crippen LogP contribution in [0.1, 0.15) is 24.8 Å². The van der Waals surface area contributed by atoms with Crippen LogP contribution in [0, 0.1) is 0 Å². The second kappa shape index (κ2) is 7.50. The normalized spacial score (nSPS) is 18.4. The Bertz CT molecular complexity index is 710. The van der Waals surface area contributed by atoms with Crippen LogP contribution < -0.4 is 11.0 Å². The van der Waals surface area contributed by atoms with Crippen LogP contribution in [-0.4, -0.2) is 32.5 Å². The Morgan fingerprint density at radius 2 is 2.04 bits per heavy atom. The molecular formula is C16H20N4O2S. The molecule has 0 radical (unpaired) electrons. The highest BCUT2D eigenvalue weighted by Gasteiger charge is 2.24. The number of aryl methyl sites for hydroxylation is 1. The maximum Gasteiger partial charge on any atom is 0.343 e. The number of aromatic amines is 1. The molecule has 122 valence electrons. The fourth-order valence-electron chi connectivity index (χ4n) is 2.63. The van der Waals surface area contributed by atoms with Crippen LogP contribution in [0.5, 0.6) is 0 Å². The molecular weight excluding hydrogens is 312 g/mol. The van der Waals surface area contributed by atoms with Crippen molar-refractivity contribution in [1.29, 1.82) is 0 Å². The van der Waals surface area contributed by atoms with Gasteiger partial charge in [-0.3, -0.25) is 9.36 Å². The van der Waals surface area contributed by atoms with Gasteiger partial charge in [0.05, 0.1) is 5.25 Å². The maximum absolute atomic E-state index is 12.1. The minimum Gasteiger partial charge on any atom is -0.355 e. The standard InChI is InChI=1S/C16H20N4O2S/c21-14-13(8-4-5-10-17-14)23-16-19-18-15(22)20(16)11-9-12-6-2-1-3-7-12/h1-3,6-7,13H,4-5,8-11H2,(H,17,21)(H,18,22). The highest BCUT2D eigenvalue weighted by atomic mass is 32.2. The molecule has 2 heterocycles. The molecule has 23 heavy (non-hydrogen) atoms. The zero-order chi connectivity index (χ0) is 16.1. The molecule has 1 unspecified atom stereocenters. The van der Waals surface area contributed by atoms with E-state index in [0.29, 0.717) is 11.7 Å². The molecule has 1 aromatic heterocycles. The summed E-state index contributed by atoms with van der Waals surface area (Å²) in [6.07, 6.45) is 3.58. The van der Waals surface area contributed by atoms with Gasteiger partial charge in [0.1, 0.15) is 0 Å². The molecule has 0 bridgehead atoms. The molecule has 2 aromatic rings. The van der Waals surface area contributed by atoms with E-state index in [2.05, 4.69) is 15.5 Å². The lowest BCUT2D eigenvalue weighted by molar-refractivity contribution is -0.120. The zero-order valence-electron chi connectivity index (χ0n) is 12.8. The lowest BCUT2D eigenvalue weighted by Crippen LogP contribution is -2.31. The lowest BCUT2D eigenvalue weighted by Gasteiger charge is -2.12. The minimum absolute atomic E-state index is 0.0394. The van der Waals surface area contributed by atoms with Crippen molar-refractivity contribution in [1.82, 2.24) is 20.1 Å². The molecule has 0 spiro atoms.